The van der Waals surface area contributed by atoms with E-state index in [1.54, 1.807) is 0 Å². The Labute approximate surface area is 177 Å². The van der Waals surface area contributed by atoms with Gasteiger partial charge in [-0.15, -0.1) is 0 Å². The summed E-state index contributed by atoms with van der Waals surface area (Å²) >= 11 is 0. The van der Waals surface area contributed by atoms with Crippen LogP contribution >= 0.6 is 0 Å². The predicted octanol–water partition coefficient (Wildman–Crippen LogP) is 8.10. The molecule has 0 saturated heterocycles. The van der Waals surface area contributed by atoms with Gasteiger partial charge in [0.15, 0.2) is 0 Å². The van der Waals surface area contributed by atoms with E-state index in [0.717, 1.165) is 17.5 Å². The quantitative estimate of drug-likeness (QED) is 0.259. The molecule has 0 aliphatic heterocycles. The van der Waals surface area contributed by atoms with Gasteiger partial charge in [-0.05, 0) is 65.4 Å². The van der Waals surface area contributed by atoms with E-state index in [-0.39, 0.29) is 0 Å². The van der Waals surface area contributed by atoms with Crippen LogP contribution in [0.1, 0.15) is 81.0 Å². The molecule has 150 valence electrons. The van der Waals surface area contributed by atoms with Crippen molar-refractivity contribution in [1.82, 2.24) is 0 Å². The zero-order valence-electron chi connectivity index (χ0n) is 18.1. The highest BCUT2D eigenvalue weighted by Gasteiger charge is 1.98. The lowest BCUT2D eigenvalue weighted by Crippen LogP contribution is -1.87. The average molecular weight is 383 g/mol. The minimum atomic E-state index is 1.08. The van der Waals surface area contributed by atoms with Crippen molar-refractivity contribution in [3.8, 4) is 11.8 Å². The summed E-state index contributed by atoms with van der Waals surface area (Å²) in [5.41, 5.74) is 5.02. The summed E-state index contributed by atoms with van der Waals surface area (Å²) in [6, 6.07) is 22.1. The zero-order valence-corrected chi connectivity index (χ0v) is 18.1. The van der Waals surface area contributed by atoms with E-state index in [1.165, 1.54) is 73.3 Å². The molecule has 3 rings (SSSR count). The first-order chi connectivity index (χ1) is 14.3. The SMILES string of the molecule is CCCCCCCCc1ccc(C#Cc2ccc3cc(CCC)ccc3c2)cc1. The molecule has 0 atom stereocenters. The molecule has 0 spiro atoms. The van der Waals surface area contributed by atoms with Gasteiger partial charge in [0.1, 0.15) is 0 Å². The van der Waals surface area contributed by atoms with Gasteiger partial charge >= 0.3 is 0 Å². The maximum absolute atomic E-state index is 3.33. The first-order valence-electron chi connectivity index (χ1n) is 11.4. The Morgan fingerprint density at radius 2 is 1.14 bits per heavy atom. The third-order valence-electron chi connectivity index (χ3n) is 5.57. The molecule has 0 bridgehead atoms. The third-order valence-corrected chi connectivity index (χ3v) is 5.57. The number of benzene rings is 3. The summed E-state index contributed by atoms with van der Waals surface area (Å²) in [6.07, 6.45) is 11.6. The summed E-state index contributed by atoms with van der Waals surface area (Å²) in [6.45, 7) is 4.50. The second-order valence-electron chi connectivity index (χ2n) is 8.11. The van der Waals surface area contributed by atoms with Gasteiger partial charge in [-0.25, -0.2) is 0 Å². The third kappa shape index (κ3) is 6.79. The van der Waals surface area contributed by atoms with E-state index < -0.39 is 0 Å². The van der Waals surface area contributed by atoms with Crippen LogP contribution in [0.5, 0.6) is 0 Å². The first-order valence-corrected chi connectivity index (χ1v) is 11.4. The van der Waals surface area contributed by atoms with Crippen LogP contribution in [0.25, 0.3) is 10.8 Å². The van der Waals surface area contributed by atoms with Crippen LogP contribution in [0.4, 0.5) is 0 Å². The van der Waals surface area contributed by atoms with E-state index in [1.807, 2.05) is 0 Å². The monoisotopic (exact) mass is 382 g/mol. The van der Waals surface area contributed by atoms with Crippen molar-refractivity contribution in [1.29, 1.82) is 0 Å². The molecule has 3 aromatic rings. The number of hydrogen-bond acceptors (Lipinski definition) is 0. The van der Waals surface area contributed by atoms with Crippen molar-refractivity contribution in [3.05, 3.63) is 82.9 Å². The zero-order chi connectivity index (χ0) is 20.3. The maximum atomic E-state index is 3.33. The molecule has 0 nitrogen and oxygen atoms in total. The summed E-state index contributed by atoms with van der Waals surface area (Å²) in [5.74, 6) is 6.66. The van der Waals surface area contributed by atoms with Crippen LogP contribution in [0, 0.1) is 11.8 Å². The lowest BCUT2D eigenvalue weighted by molar-refractivity contribution is 0.607. The van der Waals surface area contributed by atoms with Gasteiger partial charge < -0.3 is 0 Å². The summed E-state index contributed by atoms with van der Waals surface area (Å²) in [4.78, 5) is 0. The number of unbranched alkanes of at least 4 members (excludes halogenated alkanes) is 5. The van der Waals surface area contributed by atoms with Gasteiger partial charge in [0.05, 0.1) is 0 Å². The molecule has 0 heterocycles. The van der Waals surface area contributed by atoms with Crippen LogP contribution in [0.15, 0.2) is 60.7 Å². The summed E-state index contributed by atoms with van der Waals surface area (Å²) in [5, 5.41) is 2.58. The first kappa shape index (κ1) is 21.2. The highest BCUT2D eigenvalue weighted by Crippen LogP contribution is 2.19. The second kappa shape index (κ2) is 11.5. The summed E-state index contributed by atoms with van der Waals surface area (Å²) in [7, 11) is 0. The largest absolute Gasteiger partial charge is 0.0654 e. The minimum Gasteiger partial charge on any atom is -0.0654 e. The Morgan fingerprint density at radius 1 is 0.517 bits per heavy atom. The van der Waals surface area contributed by atoms with Gasteiger partial charge in [-0.1, -0.05) is 101 Å². The fraction of sp³-hybridized carbons (Fsp3) is 0.379. The van der Waals surface area contributed by atoms with Crippen molar-refractivity contribution in [2.45, 2.75) is 71.6 Å². The average Bonchev–Trinajstić information content (AvgIpc) is 2.75. The Balaban J connectivity index is 1.57. The molecular formula is C29H34. The van der Waals surface area contributed by atoms with Gasteiger partial charge in [0.2, 0.25) is 0 Å². The molecule has 0 aliphatic rings. The highest BCUT2D eigenvalue weighted by molar-refractivity contribution is 5.84. The van der Waals surface area contributed by atoms with Crippen LogP contribution in [0.3, 0.4) is 0 Å². The second-order valence-corrected chi connectivity index (χ2v) is 8.11. The van der Waals surface area contributed by atoms with Crippen molar-refractivity contribution < 1.29 is 0 Å². The van der Waals surface area contributed by atoms with E-state index >= 15 is 0 Å². The standard InChI is InChI=1S/C29H34/c1-3-5-6-7-8-9-11-24-12-14-25(15-13-24)16-17-27-19-21-28-22-26(10-4-2)18-20-29(28)23-27/h12-15,18-23H,3-11H2,1-2H3. The van der Waals surface area contributed by atoms with Gasteiger partial charge in [-0.2, -0.15) is 0 Å². The summed E-state index contributed by atoms with van der Waals surface area (Å²) < 4.78 is 0. The van der Waals surface area contributed by atoms with E-state index in [9.17, 15) is 0 Å². The molecule has 0 saturated carbocycles. The molecule has 3 aromatic carbocycles. The van der Waals surface area contributed by atoms with Crippen LogP contribution in [0.2, 0.25) is 0 Å². The lowest BCUT2D eigenvalue weighted by atomic mass is 10.0. The van der Waals surface area contributed by atoms with Gasteiger partial charge in [-0.3, -0.25) is 0 Å². The van der Waals surface area contributed by atoms with Crippen LogP contribution in [-0.2, 0) is 12.8 Å². The molecule has 29 heavy (non-hydrogen) atoms. The number of rotatable bonds is 9. The number of fused-ring (bicyclic) bond motifs is 1. The molecule has 0 aliphatic carbocycles. The molecule has 0 aromatic heterocycles. The number of aryl methyl sites for hydroxylation is 2. The number of hydrogen-bond donors (Lipinski definition) is 0. The Hall–Kier alpha value is -2.52. The highest BCUT2D eigenvalue weighted by atomic mass is 14.0. The fourth-order valence-electron chi connectivity index (χ4n) is 3.83. The fourth-order valence-corrected chi connectivity index (χ4v) is 3.83. The molecule has 0 heteroatoms. The van der Waals surface area contributed by atoms with Gasteiger partial charge in [0, 0.05) is 11.1 Å². The van der Waals surface area contributed by atoms with Crippen LogP contribution < -0.4 is 0 Å². The van der Waals surface area contributed by atoms with Crippen molar-refractivity contribution >= 4 is 10.8 Å². The molecule has 0 radical (unpaired) electrons. The van der Waals surface area contributed by atoms with E-state index in [2.05, 4.69) is 86.4 Å². The van der Waals surface area contributed by atoms with Gasteiger partial charge in [0.25, 0.3) is 0 Å². The van der Waals surface area contributed by atoms with E-state index in [0.29, 0.717) is 0 Å². The Kier molecular flexibility index (Phi) is 8.39. The van der Waals surface area contributed by atoms with Crippen molar-refractivity contribution in [2.24, 2.45) is 0 Å². The molecular weight excluding hydrogens is 348 g/mol. The molecule has 0 unspecified atom stereocenters. The van der Waals surface area contributed by atoms with E-state index in [4.69, 9.17) is 0 Å². The molecule has 0 fully saturated rings. The molecule has 0 amide bonds. The van der Waals surface area contributed by atoms with Crippen molar-refractivity contribution in [3.63, 3.8) is 0 Å². The normalized spacial score (nSPS) is 10.7. The predicted molar refractivity (Wildman–Crippen MR) is 127 cm³/mol. The Morgan fingerprint density at radius 3 is 1.93 bits per heavy atom. The topological polar surface area (TPSA) is 0 Å². The molecule has 0 N–H and O–H groups in total. The maximum Gasteiger partial charge on any atom is 0.0255 e. The minimum absolute atomic E-state index is 1.08. The smallest absolute Gasteiger partial charge is 0.0255 e. The van der Waals surface area contributed by atoms with Crippen molar-refractivity contribution in [2.75, 3.05) is 0 Å². The Bertz CT molecular complexity index is 951. The van der Waals surface area contributed by atoms with Crippen LogP contribution in [-0.4, -0.2) is 0 Å². The lowest BCUT2D eigenvalue weighted by Gasteiger charge is -2.03.